The van der Waals surface area contributed by atoms with Gasteiger partial charge in [0.2, 0.25) is 0 Å². The Morgan fingerprint density at radius 2 is 1.82 bits per heavy atom. The molecule has 142 valence electrons. The minimum atomic E-state index is -0.556. The molecular weight excluding hydrogens is 354 g/mol. The number of ether oxygens (including phenoxy) is 1. The highest BCUT2D eigenvalue weighted by molar-refractivity contribution is 5.96. The number of hydrogen-bond acceptors (Lipinski definition) is 4. The number of aromatic nitrogens is 3. The number of hydrogen-bond donors (Lipinski definition) is 1. The van der Waals surface area contributed by atoms with Crippen LogP contribution in [0.15, 0.2) is 59.5 Å². The molecule has 0 aliphatic carbocycles. The summed E-state index contributed by atoms with van der Waals surface area (Å²) >= 11 is 0. The van der Waals surface area contributed by atoms with Crippen molar-refractivity contribution in [3.05, 3.63) is 65.1 Å². The Morgan fingerprint density at radius 3 is 2.61 bits per heavy atom. The Hall–Kier alpha value is -3.41. The number of nitrogens with one attached hydrogen (secondary N) is 1. The lowest BCUT2D eigenvalue weighted by atomic mass is 10.1. The van der Waals surface area contributed by atoms with Crippen molar-refractivity contribution in [2.75, 3.05) is 0 Å². The molecule has 4 aromatic rings. The fraction of sp³-hybridized carbons (Fsp3) is 0.227. The molecule has 0 saturated heterocycles. The average molecular weight is 375 g/mol. The van der Waals surface area contributed by atoms with Gasteiger partial charge in [-0.2, -0.15) is 0 Å². The number of esters is 1. The summed E-state index contributed by atoms with van der Waals surface area (Å²) in [7, 11) is 0. The van der Waals surface area contributed by atoms with E-state index in [1.54, 1.807) is 10.8 Å². The normalized spacial score (nSPS) is 11.8. The molecule has 0 atom stereocenters. The Kier molecular flexibility index (Phi) is 4.26. The largest absolute Gasteiger partial charge is 0.459 e. The molecule has 0 bridgehead atoms. The van der Waals surface area contributed by atoms with Gasteiger partial charge in [0.25, 0.3) is 5.56 Å². The number of fused-ring (bicyclic) bond motifs is 2. The fourth-order valence-corrected chi connectivity index (χ4v) is 3.29. The van der Waals surface area contributed by atoms with Crippen LogP contribution in [0.1, 0.15) is 20.8 Å². The molecule has 0 fully saturated rings. The molecule has 0 aliphatic heterocycles. The van der Waals surface area contributed by atoms with E-state index in [1.807, 2.05) is 69.3 Å². The lowest BCUT2D eigenvalue weighted by Crippen LogP contribution is -2.26. The number of rotatable bonds is 3. The van der Waals surface area contributed by atoms with Crippen molar-refractivity contribution >= 4 is 27.9 Å². The topological polar surface area (TPSA) is 77.0 Å². The van der Waals surface area contributed by atoms with Gasteiger partial charge >= 0.3 is 5.97 Å². The third-order valence-corrected chi connectivity index (χ3v) is 4.36. The first kappa shape index (κ1) is 18.0. The van der Waals surface area contributed by atoms with E-state index in [0.29, 0.717) is 22.3 Å². The Bertz CT molecular complexity index is 1250. The Labute approximate surface area is 161 Å². The number of carbonyl (C=O) groups excluding carboxylic acids is 1. The van der Waals surface area contributed by atoms with Crippen molar-refractivity contribution in [1.82, 2.24) is 14.5 Å². The Balaban J connectivity index is 1.84. The SMILES string of the molecule is CC(C)(C)OC(=O)Cn1cc(-c2nc3ccccc3[nH]c2=O)c2ccccc21. The zero-order chi connectivity index (χ0) is 19.9. The predicted molar refractivity (Wildman–Crippen MR) is 109 cm³/mol. The molecule has 28 heavy (non-hydrogen) atoms. The molecule has 0 aliphatic rings. The maximum absolute atomic E-state index is 12.7. The van der Waals surface area contributed by atoms with Gasteiger partial charge < -0.3 is 14.3 Å². The van der Waals surface area contributed by atoms with Crippen molar-refractivity contribution < 1.29 is 9.53 Å². The van der Waals surface area contributed by atoms with Gasteiger partial charge in [-0.1, -0.05) is 30.3 Å². The number of nitrogens with zero attached hydrogens (tertiary/aromatic N) is 2. The lowest BCUT2D eigenvalue weighted by Gasteiger charge is -2.19. The molecule has 0 saturated carbocycles. The number of benzene rings is 2. The third-order valence-electron chi connectivity index (χ3n) is 4.36. The summed E-state index contributed by atoms with van der Waals surface area (Å²) in [6.45, 7) is 5.57. The van der Waals surface area contributed by atoms with Crippen molar-refractivity contribution in [2.24, 2.45) is 0 Å². The molecule has 0 unspecified atom stereocenters. The standard InChI is InChI=1S/C22H21N3O3/c1-22(2,3)28-19(26)13-25-12-15(14-8-4-7-11-18(14)25)20-21(27)24-17-10-6-5-9-16(17)23-20/h4-12H,13H2,1-3H3,(H,24,27). The van der Waals surface area contributed by atoms with Crippen LogP contribution in [0, 0.1) is 0 Å². The zero-order valence-electron chi connectivity index (χ0n) is 16.0. The van der Waals surface area contributed by atoms with E-state index in [4.69, 9.17) is 4.74 Å². The quantitative estimate of drug-likeness (QED) is 0.551. The first-order valence-electron chi connectivity index (χ1n) is 9.11. The van der Waals surface area contributed by atoms with Crippen LogP contribution in [0.2, 0.25) is 0 Å². The van der Waals surface area contributed by atoms with E-state index in [2.05, 4.69) is 9.97 Å². The lowest BCUT2D eigenvalue weighted by molar-refractivity contribution is -0.155. The van der Waals surface area contributed by atoms with E-state index >= 15 is 0 Å². The number of aromatic amines is 1. The van der Waals surface area contributed by atoms with E-state index in [9.17, 15) is 9.59 Å². The monoisotopic (exact) mass is 375 g/mol. The van der Waals surface area contributed by atoms with Gasteiger partial charge in [-0.05, 0) is 39.0 Å². The second-order valence-electron chi connectivity index (χ2n) is 7.71. The summed E-state index contributed by atoms with van der Waals surface area (Å²) in [6, 6.07) is 15.0. The van der Waals surface area contributed by atoms with Gasteiger partial charge in [-0.25, -0.2) is 4.98 Å². The molecule has 0 radical (unpaired) electrons. The van der Waals surface area contributed by atoms with Crippen LogP contribution in [-0.2, 0) is 16.1 Å². The molecule has 6 heteroatoms. The highest BCUT2D eigenvalue weighted by atomic mass is 16.6. The average Bonchev–Trinajstić information content (AvgIpc) is 2.98. The van der Waals surface area contributed by atoms with Gasteiger partial charge in [0.05, 0.1) is 11.0 Å². The van der Waals surface area contributed by atoms with Crippen LogP contribution in [0.25, 0.3) is 33.2 Å². The first-order valence-corrected chi connectivity index (χ1v) is 9.11. The van der Waals surface area contributed by atoms with Crippen molar-refractivity contribution in [3.8, 4) is 11.3 Å². The second kappa shape index (κ2) is 6.64. The van der Waals surface area contributed by atoms with Crippen LogP contribution in [0.3, 0.4) is 0 Å². The highest BCUT2D eigenvalue weighted by Crippen LogP contribution is 2.28. The molecule has 2 aromatic carbocycles. The molecule has 2 aromatic heterocycles. The van der Waals surface area contributed by atoms with Crippen LogP contribution < -0.4 is 5.56 Å². The van der Waals surface area contributed by atoms with Crippen LogP contribution in [-0.4, -0.2) is 26.1 Å². The summed E-state index contributed by atoms with van der Waals surface area (Å²) < 4.78 is 7.24. The summed E-state index contributed by atoms with van der Waals surface area (Å²) in [4.78, 5) is 32.5. The molecule has 4 rings (SSSR count). The number of carbonyl (C=O) groups is 1. The minimum absolute atomic E-state index is 0.0588. The Morgan fingerprint density at radius 1 is 1.11 bits per heavy atom. The van der Waals surface area contributed by atoms with E-state index in [1.165, 1.54) is 0 Å². The predicted octanol–water partition coefficient (Wildman–Crippen LogP) is 3.89. The smallest absolute Gasteiger partial charge is 0.326 e. The molecule has 0 spiro atoms. The fourth-order valence-electron chi connectivity index (χ4n) is 3.29. The maximum Gasteiger partial charge on any atom is 0.326 e. The van der Waals surface area contributed by atoms with Gasteiger partial charge in [-0.3, -0.25) is 9.59 Å². The van der Waals surface area contributed by atoms with Gasteiger partial charge in [0.1, 0.15) is 17.8 Å². The minimum Gasteiger partial charge on any atom is -0.459 e. The summed E-state index contributed by atoms with van der Waals surface area (Å²) in [5.41, 5.74) is 2.44. The summed E-state index contributed by atoms with van der Waals surface area (Å²) in [6.07, 6.45) is 1.79. The molecule has 1 N–H and O–H groups in total. The van der Waals surface area contributed by atoms with Crippen LogP contribution in [0.5, 0.6) is 0 Å². The van der Waals surface area contributed by atoms with Crippen molar-refractivity contribution in [1.29, 1.82) is 0 Å². The zero-order valence-corrected chi connectivity index (χ0v) is 16.0. The molecule has 0 amide bonds. The van der Waals surface area contributed by atoms with Gasteiger partial charge in [0, 0.05) is 22.7 Å². The van der Waals surface area contributed by atoms with Crippen molar-refractivity contribution in [3.63, 3.8) is 0 Å². The first-order chi connectivity index (χ1) is 13.3. The summed E-state index contributed by atoms with van der Waals surface area (Å²) in [5.74, 6) is -0.333. The molecule has 2 heterocycles. The number of para-hydroxylation sites is 3. The van der Waals surface area contributed by atoms with E-state index in [0.717, 1.165) is 10.9 Å². The molecular formula is C22H21N3O3. The number of H-pyrrole nitrogens is 1. The van der Waals surface area contributed by atoms with Gasteiger partial charge in [0.15, 0.2) is 0 Å². The highest BCUT2D eigenvalue weighted by Gasteiger charge is 2.20. The van der Waals surface area contributed by atoms with Gasteiger partial charge in [-0.15, -0.1) is 0 Å². The molecule has 6 nitrogen and oxygen atoms in total. The van der Waals surface area contributed by atoms with Crippen LogP contribution >= 0.6 is 0 Å². The van der Waals surface area contributed by atoms with Crippen LogP contribution in [0.4, 0.5) is 0 Å². The van der Waals surface area contributed by atoms with E-state index < -0.39 is 5.60 Å². The van der Waals surface area contributed by atoms with E-state index in [-0.39, 0.29) is 18.1 Å². The third kappa shape index (κ3) is 3.41. The second-order valence-corrected chi connectivity index (χ2v) is 7.71. The van der Waals surface area contributed by atoms with Crippen molar-refractivity contribution in [2.45, 2.75) is 32.9 Å². The summed E-state index contributed by atoms with van der Waals surface area (Å²) in [5, 5.41) is 0.860. The maximum atomic E-state index is 12.7.